The zero-order valence-electron chi connectivity index (χ0n) is 18.2. The molecule has 3 aromatic rings. The van der Waals surface area contributed by atoms with Crippen LogP contribution in [0.15, 0.2) is 59.1 Å². The molecule has 0 aliphatic rings. The van der Waals surface area contributed by atoms with Gasteiger partial charge in [0.2, 0.25) is 5.76 Å². The molecular weight excluding hydrogens is 448 g/mol. The van der Waals surface area contributed by atoms with Gasteiger partial charge in [-0.3, -0.25) is 9.59 Å². The average Bonchev–Trinajstić information content (AvgIpc) is 3.29. The molecule has 0 aliphatic carbocycles. The number of carboxylic acid groups (broad SMARTS) is 1. The van der Waals surface area contributed by atoms with E-state index in [0.29, 0.717) is 11.4 Å². The molecule has 8 nitrogen and oxygen atoms in total. The maximum absolute atomic E-state index is 12.7. The molecule has 0 fully saturated rings. The second-order valence-corrected chi connectivity index (χ2v) is 8.48. The number of halogens is 1. The van der Waals surface area contributed by atoms with Gasteiger partial charge >= 0.3 is 5.97 Å². The van der Waals surface area contributed by atoms with E-state index in [9.17, 15) is 19.8 Å². The monoisotopic (exact) mass is 472 g/mol. The lowest BCUT2D eigenvalue weighted by molar-refractivity contribution is -0.151. The minimum absolute atomic E-state index is 0.00584. The summed E-state index contributed by atoms with van der Waals surface area (Å²) < 4.78 is 9.91. The highest BCUT2D eigenvalue weighted by atomic mass is 35.5. The van der Waals surface area contributed by atoms with Crippen LogP contribution >= 0.6 is 11.6 Å². The molecule has 0 radical (unpaired) electrons. The Morgan fingerprint density at radius 1 is 1.18 bits per heavy atom. The summed E-state index contributed by atoms with van der Waals surface area (Å²) in [7, 11) is 1.40. The van der Waals surface area contributed by atoms with Gasteiger partial charge in [0.25, 0.3) is 11.8 Å². The van der Waals surface area contributed by atoms with Crippen LogP contribution in [0.1, 0.15) is 29.5 Å². The standard InChI is InChI=1S/C24H25ClN2O6/c1-24(14-28,23(30)31)13-19(26-22(29)20-12-21(32-2)27-33-20)10-15-6-8-16(9-7-15)17-4-3-5-18(25)11-17/h3-9,11-12,19,28H,10,13-14H2,1-2H3,(H,26,29)(H,30,31)/t19-,24?/m1/s1. The van der Waals surface area contributed by atoms with Gasteiger partial charge in [0.05, 0.1) is 25.2 Å². The Morgan fingerprint density at radius 2 is 1.91 bits per heavy atom. The van der Waals surface area contributed by atoms with Crippen molar-refractivity contribution in [2.24, 2.45) is 5.41 Å². The number of carbonyl (C=O) groups excluding carboxylic acids is 1. The Morgan fingerprint density at radius 3 is 2.48 bits per heavy atom. The van der Waals surface area contributed by atoms with Crippen molar-refractivity contribution in [3.63, 3.8) is 0 Å². The van der Waals surface area contributed by atoms with Crippen LogP contribution in [0.2, 0.25) is 5.02 Å². The topological polar surface area (TPSA) is 122 Å². The Kier molecular flexibility index (Phi) is 7.73. The molecule has 1 aromatic heterocycles. The predicted octanol–water partition coefficient (Wildman–Crippen LogP) is 3.82. The molecule has 0 saturated heterocycles. The van der Waals surface area contributed by atoms with E-state index in [0.717, 1.165) is 16.7 Å². The average molecular weight is 473 g/mol. The zero-order valence-corrected chi connectivity index (χ0v) is 19.0. The van der Waals surface area contributed by atoms with E-state index in [1.54, 1.807) is 6.07 Å². The summed E-state index contributed by atoms with van der Waals surface area (Å²) in [4.78, 5) is 24.4. The number of carbonyl (C=O) groups is 2. The number of aliphatic hydroxyl groups excluding tert-OH is 1. The molecule has 0 bridgehead atoms. The first-order valence-electron chi connectivity index (χ1n) is 10.2. The van der Waals surface area contributed by atoms with E-state index < -0.39 is 29.9 Å². The van der Waals surface area contributed by atoms with Crippen LogP contribution in [0.25, 0.3) is 11.1 Å². The highest BCUT2D eigenvalue weighted by molar-refractivity contribution is 6.30. The fourth-order valence-electron chi connectivity index (χ4n) is 3.44. The molecule has 0 aliphatic heterocycles. The highest BCUT2D eigenvalue weighted by Gasteiger charge is 2.36. The number of ether oxygens (including phenoxy) is 1. The van der Waals surface area contributed by atoms with Crippen molar-refractivity contribution < 1.29 is 29.1 Å². The first kappa shape index (κ1) is 24.3. The van der Waals surface area contributed by atoms with Gasteiger partial charge in [0.15, 0.2) is 0 Å². The van der Waals surface area contributed by atoms with Gasteiger partial charge < -0.3 is 24.8 Å². The number of benzene rings is 2. The number of aromatic nitrogens is 1. The van der Waals surface area contributed by atoms with E-state index in [1.165, 1.54) is 20.1 Å². The van der Waals surface area contributed by atoms with Crippen LogP contribution in [-0.4, -0.2) is 47.0 Å². The third kappa shape index (κ3) is 6.12. The van der Waals surface area contributed by atoms with E-state index in [2.05, 4.69) is 10.5 Å². The zero-order chi connectivity index (χ0) is 24.0. The van der Waals surface area contributed by atoms with E-state index >= 15 is 0 Å². The van der Waals surface area contributed by atoms with Crippen LogP contribution in [0.4, 0.5) is 0 Å². The summed E-state index contributed by atoms with van der Waals surface area (Å²) in [5.74, 6) is -1.62. The maximum atomic E-state index is 12.7. The summed E-state index contributed by atoms with van der Waals surface area (Å²) >= 11 is 6.08. The molecule has 3 rings (SSSR count). The molecule has 9 heteroatoms. The maximum Gasteiger partial charge on any atom is 0.311 e. The molecule has 1 amide bonds. The number of rotatable bonds is 10. The van der Waals surface area contributed by atoms with E-state index in [4.69, 9.17) is 20.9 Å². The van der Waals surface area contributed by atoms with Gasteiger partial charge in [-0.2, -0.15) is 0 Å². The number of methoxy groups -OCH3 is 1. The minimum Gasteiger partial charge on any atom is -0.481 e. The van der Waals surface area contributed by atoms with Crippen LogP contribution < -0.4 is 10.1 Å². The number of nitrogens with one attached hydrogen (secondary N) is 1. The molecular formula is C24H25ClN2O6. The molecule has 0 saturated carbocycles. The molecule has 174 valence electrons. The molecule has 3 N–H and O–H groups in total. The lowest BCUT2D eigenvalue weighted by atomic mass is 9.82. The smallest absolute Gasteiger partial charge is 0.311 e. The highest BCUT2D eigenvalue weighted by Crippen LogP contribution is 2.27. The Labute approximate surface area is 196 Å². The van der Waals surface area contributed by atoms with Crippen molar-refractivity contribution in [3.8, 4) is 17.0 Å². The molecule has 2 atom stereocenters. The molecule has 1 heterocycles. The largest absolute Gasteiger partial charge is 0.481 e. The number of hydrogen-bond acceptors (Lipinski definition) is 6. The number of aliphatic hydroxyl groups is 1. The number of carboxylic acids is 1. The van der Waals surface area contributed by atoms with Crippen LogP contribution in [0, 0.1) is 5.41 Å². The number of hydrogen-bond donors (Lipinski definition) is 3. The van der Waals surface area contributed by atoms with Gasteiger partial charge in [0.1, 0.15) is 0 Å². The molecule has 2 aromatic carbocycles. The van der Waals surface area contributed by atoms with Crippen LogP contribution in [0.3, 0.4) is 0 Å². The van der Waals surface area contributed by atoms with Crippen molar-refractivity contribution in [2.45, 2.75) is 25.8 Å². The van der Waals surface area contributed by atoms with Gasteiger partial charge in [0, 0.05) is 11.1 Å². The van der Waals surface area contributed by atoms with Crippen LogP contribution in [0.5, 0.6) is 5.88 Å². The fraction of sp³-hybridized carbons (Fsp3) is 0.292. The predicted molar refractivity (Wildman–Crippen MR) is 122 cm³/mol. The first-order valence-corrected chi connectivity index (χ1v) is 10.6. The van der Waals surface area contributed by atoms with Crippen molar-refractivity contribution in [1.82, 2.24) is 10.5 Å². The summed E-state index contributed by atoms with van der Waals surface area (Å²) in [6.07, 6.45) is 0.349. The summed E-state index contributed by atoms with van der Waals surface area (Å²) in [6.45, 7) is 0.868. The van der Waals surface area contributed by atoms with Crippen molar-refractivity contribution in [1.29, 1.82) is 0 Å². The third-order valence-electron chi connectivity index (χ3n) is 5.41. The van der Waals surface area contributed by atoms with Gasteiger partial charge in [-0.1, -0.05) is 48.0 Å². The lowest BCUT2D eigenvalue weighted by Crippen LogP contribution is -2.44. The Balaban J connectivity index is 1.80. The van der Waals surface area contributed by atoms with Gasteiger partial charge in [-0.15, -0.1) is 0 Å². The van der Waals surface area contributed by atoms with E-state index in [1.807, 2.05) is 42.5 Å². The normalized spacial score (nSPS) is 13.7. The first-order chi connectivity index (χ1) is 15.7. The lowest BCUT2D eigenvalue weighted by Gasteiger charge is -2.28. The second kappa shape index (κ2) is 10.5. The number of aliphatic carboxylic acids is 1. The van der Waals surface area contributed by atoms with Gasteiger partial charge in [-0.05, 0) is 53.7 Å². The summed E-state index contributed by atoms with van der Waals surface area (Å²) in [6, 6.07) is 15.9. The second-order valence-electron chi connectivity index (χ2n) is 8.04. The molecule has 1 unspecified atom stereocenters. The number of nitrogens with zero attached hydrogens (tertiary/aromatic N) is 1. The SMILES string of the molecule is COc1cc(C(=O)N[C@H](Cc2ccc(-c3cccc(Cl)c3)cc2)CC(C)(CO)C(=O)O)on1. The summed E-state index contributed by atoms with van der Waals surface area (Å²) in [5.41, 5.74) is 1.39. The summed E-state index contributed by atoms with van der Waals surface area (Å²) in [5, 5.41) is 26.3. The third-order valence-corrected chi connectivity index (χ3v) is 5.65. The van der Waals surface area contributed by atoms with Crippen LogP contribution in [-0.2, 0) is 11.2 Å². The molecule has 33 heavy (non-hydrogen) atoms. The Hall–Kier alpha value is -3.36. The quantitative estimate of drug-likeness (QED) is 0.410. The number of amides is 1. The van der Waals surface area contributed by atoms with Gasteiger partial charge in [-0.25, -0.2) is 0 Å². The minimum atomic E-state index is -1.43. The van der Waals surface area contributed by atoms with Crippen molar-refractivity contribution >= 4 is 23.5 Å². The Bertz CT molecular complexity index is 1110. The van der Waals surface area contributed by atoms with E-state index in [-0.39, 0.29) is 18.1 Å². The fourth-order valence-corrected chi connectivity index (χ4v) is 3.63. The molecule has 0 spiro atoms. The van der Waals surface area contributed by atoms with Crippen molar-refractivity contribution in [2.75, 3.05) is 13.7 Å². The van der Waals surface area contributed by atoms with Crippen molar-refractivity contribution in [3.05, 3.63) is 70.9 Å².